The predicted molar refractivity (Wildman–Crippen MR) is 67.3 cm³/mol. The van der Waals surface area contributed by atoms with E-state index in [0.29, 0.717) is 0 Å². The summed E-state index contributed by atoms with van der Waals surface area (Å²) in [5, 5.41) is 0. The second kappa shape index (κ2) is 6.71. The molecule has 0 bridgehead atoms. The maximum Gasteiger partial charge on any atom is 0.0222 e. The van der Waals surface area contributed by atoms with Crippen molar-refractivity contribution in [1.29, 1.82) is 0 Å². The molecule has 0 N–H and O–H groups in total. The van der Waals surface area contributed by atoms with E-state index in [0.717, 1.165) is 0 Å². The van der Waals surface area contributed by atoms with Crippen LogP contribution >= 0.6 is 0 Å². The Kier molecular flexibility index (Phi) is 5.52. The summed E-state index contributed by atoms with van der Waals surface area (Å²) in [4.78, 5) is 0. The highest BCUT2D eigenvalue weighted by Gasteiger charge is 2.03. The molecule has 1 aromatic rings. The molecule has 0 aromatic carbocycles. The molecule has 1 heterocycles. The summed E-state index contributed by atoms with van der Waals surface area (Å²) in [7, 11) is 0. The number of rotatable bonds is 7. The summed E-state index contributed by atoms with van der Waals surface area (Å²) in [6.45, 7) is 7.97. The first-order chi connectivity index (χ1) is 7.29. The van der Waals surface area contributed by atoms with E-state index in [4.69, 9.17) is 0 Å². The van der Waals surface area contributed by atoms with Crippen molar-refractivity contribution < 1.29 is 0 Å². The van der Waals surface area contributed by atoms with Crippen molar-refractivity contribution in [3.63, 3.8) is 0 Å². The molecule has 1 aromatic heterocycles. The summed E-state index contributed by atoms with van der Waals surface area (Å²) < 4.78 is 2.41. The smallest absolute Gasteiger partial charge is 0.0222 e. The second-order valence-corrected chi connectivity index (χ2v) is 4.43. The fraction of sp³-hybridized carbons (Fsp3) is 0.714. The topological polar surface area (TPSA) is 4.93 Å². The Morgan fingerprint density at radius 3 is 2.47 bits per heavy atom. The molecule has 0 amide bonds. The fourth-order valence-corrected chi connectivity index (χ4v) is 2.00. The van der Waals surface area contributed by atoms with Crippen LogP contribution in [0.3, 0.4) is 0 Å². The van der Waals surface area contributed by atoms with Gasteiger partial charge in [-0.25, -0.2) is 0 Å². The third-order valence-corrected chi connectivity index (χ3v) is 3.15. The minimum Gasteiger partial charge on any atom is -0.351 e. The van der Waals surface area contributed by atoms with E-state index in [1.165, 1.54) is 50.8 Å². The highest BCUT2D eigenvalue weighted by molar-refractivity contribution is 5.21. The molecule has 0 aliphatic rings. The molecular formula is C14H25N. The number of aromatic nitrogens is 1. The average Bonchev–Trinajstić information content (AvgIpc) is 2.58. The van der Waals surface area contributed by atoms with Crippen molar-refractivity contribution in [2.24, 2.45) is 0 Å². The molecule has 15 heavy (non-hydrogen) atoms. The number of aryl methyl sites for hydroxylation is 2. The molecule has 0 aliphatic carbocycles. The number of hydrogen-bond donors (Lipinski definition) is 0. The van der Waals surface area contributed by atoms with Gasteiger partial charge >= 0.3 is 0 Å². The Hall–Kier alpha value is -0.720. The van der Waals surface area contributed by atoms with Crippen molar-refractivity contribution >= 4 is 0 Å². The van der Waals surface area contributed by atoms with Gasteiger partial charge in [0, 0.05) is 18.4 Å². The zero-order chi connectivity index (χ0) is 11.1. The summed E-state index contributed by atoms with van der Waals surface area (Å²) in [5.74, 6) is 0. The third-order valence-electron chi connectivity index (χ3n) is 3.15. The number of hydrogen-bond acceptors (Lipinski definition) is 0. The van der Waals surface area contributed by atoms with E-state index in [1.54, 1.807) is 5.56 Å². The second-order valence-electron chi connectivity index (χ2n) is 4.43. The highest BCUT2D eigenvalue weighted by atomic mass is 15.0. The highest BCUT2D eigenvalue weighted by Crippen LogP contribution is 2.14. The van der Waals surface area contributed by atoms with Crippen LogP contribution in [0.1, 0.15) is 57.2 Å². The van der Waals surface area contributed by atoms with E-state index >= 15 is 0 Å². The molecule has 86 valence electrons. The first-order valence-electron chi connectivity index (χ1n) is 6.44. The molecule has 1 rings (SSSR count). The van der Waals surface area contributed by atoms with Gasteiger partial charge in [0.05, 0.1) is 0 Å². The van der Waals surface area contributed by atoms with Crippen molar-refractivity contribution in [2.75, 3.05) is 0 Å². The lowest BCUT2D eigenvalue weighted by Crippen LogP contribution is -1.99. The van der Waals surface area contributed by atoms with Gasteiger partial charge in [0.1, 0.15) is 0 Å². The van der Waals surface area contributed by atoms with Crippen LogP contribution < -0.4 is 0 Å². The summed E-state index contributed by atoms with van der Waals surface area (Å²) in [6.07, 6.45) is 10.1. The molecule has 0 atom stereocenters. The SMILES string of the molecule is CCCCCc1ccn(CCCC)c1C. The molecule has 0 saturated heterocycles. The first-order valence-corrected chi connectivity index (χ1v) is 6.44. The molecule has 0 aliphatic heterocycles. The molecule has 0 unspecified atom stereocenters. The molecule has 0 radical (unpaired) electrons. The van der Waals surface area contributed by atoms with Gasteiger partial charge in [0.15, 0.2) is 0 Å². The van der Waals surface area contributed by atoms with Gasteiger partial charge in [0.25, 0.3) is 0 Å². The lowest BCUT2D eigenvalue weighted by molar-refractivity contribution is 0.618. The minimum atomic E-state index is 1.19. The lowest BCUT2D eigenvalue weighted by atomic mass is 10.1. The van der Waals surface area contributed by atoms with Gasteiger partial charge in [-0.1, -0.05) is 33.1 Å². The van der Waals surface area contributed by atoms with Crippen LogP contribution in [0, 0.1) is 6.92 Å². The van der Waals surface area contributed by atoms with Crippen LogP contribution in [0.4, 0.5) is 0 Å². The normalized spacial score (nSPS) is 10.9. The van der Waals surface area contributed by atoms with Crippen LogP contribution in [0.2, 0.25) is 0 Å². The Balaban J connectivity index is 2.47. The van der Waals surface area contributed by atoms with Crippen LogP contribution in [-0.4, -0.2) is 4.57 Å². The van der Waals surface area contributed by atoms with Gasteiger partial charge in [-0.05, 0) is 37.8 Å². The van der Waals surface area contributed by atoms with Crippen LogP contribution in [0.15, 0.2) is 12.3 Å². The van der Waals surface area contributed by atoms with Crippen LogP contribution in [0.5, 0.6) is 0 Å². The monoisotopic (exact) mass is 207 g/mol. The van der Waals surface area contributed by atoms with E-state index < -0.39 is 0 Å². The van der Waals surface area contributed by atoms with Crippen LogP contribution in [-0.2, 0) is 13.0 Å². The number of nitrogens with zero attached hydrogens (tertiary/aromatic N) is 1. The Labute approximate surface area is 94.5 Å². The molecule has 0 fully saturated rings. The maximum atomic E-state index is 2.41. The summed E-state index contributed by atoms with van der Waals surface area (Å²) in [6, 6.07) is 2.31. The van der Waals surface area contributed by atoms with Gasteiger partial charge in [-0.3, -0.25) is 0 Å². The largest absolute Gasteiger partial charge is 0.351 e. The van der Waals surface area contributed by atoms with Crippen LogP contribution in [0.25, 0.3) is 0 Å². The van der Waals surface area contributed by atoms with Crippen molar-refractivity contribution in [3.8, 4) is 0 Å². The number of unbranched alkanes of at least 4 members (excludes halogenated alkanes) is 3. The quantitative estimate of drug-likeness (QED) is 0.586. The summed E-state index contributed by atoms with van der Waals surface area (Å²) >= 11 is 0. The van der Waals surface area contributed by atoms with E-state index in [9.17, 15) is 0 Å². The minimum absolute atomic E-state index is 1.19. The zero-order valence-electron chi connectivity index (χ0n) is 10.6. The standard InChI is InChI=1S/C14H25N/c1-4-6-8-9-14-10-12-15(13(14)3)11-7-5-2/h10,12H,4-9,11H2,1-3H3. The Morgan fingerprint density at radius 1 is 1.07 bits per heavy atom. The average molecular weight is 207 g/mol. The summed E-state index contributed by atoms with van der Waals surface area (Å²) in [5.41, 5.74) is 3.04. The van der Waals surface area contributed by atoms with Gasteiger partial charge in [-0.2, -0.15) is 0 Å². The van der Waals surface area contributed by atoms with Crippen molar-refractivity contribution in [2.45, 2.75) is 65.8 Å². The molecule has 1 nitrogen and oxygen atoms in total. The van der Waals surface area contributed by atoms with Gasteiger partial charge in [0.2, 0.25) is 0 Å². The Bertz CT molecular complexity index is 273. The van der Waals surface area contributed by atoms with E-state index in [-0.39, 0.29) is 0 Å². The van der Waals surface area contributed by atoms with Gasteiger partial charge < -0.3 is 4.57 Å². The molecular weight excluding hydrogens is 182 g/mol. The fourth-order valence-electron chi connectivity index (χ4n) is 2.00. The predicted octanol–water partition coefficient (Wildman–Crippen LogP) is 4.33. The van der Waals surface area contributed by atoms with E-state index in [1.807, 2.05) is 0 Å². The first kappa shape index (κ1) is 12.4. The van der Waals surface area contributed by atoms with Gasteiger partial charge in [-0.15, -0.1) is 0 Å². The van der Waals surface area contributed by atoms with Crippen molar-refractivity contribution in [1.82, 2.24) is 4.57 Å². The molecule has 0 spiro atoms. The molecule has 0 saturated carbocycles. The third kappa shape index (κ3) is 3.73. The Morgan fingerprint density at radius 2 is 1.80 bits per heavy atom. The van der Waals surface area contributed by atoms with Crippen molar-refractivity contribution in [3.05, 3.63) is 23.5 Å². The zero-order valence-corrected chi connectivity index (χ0v) is 10.6. The molecule has 1 heteroatoms. The lowest BCUT2D eigenvalue weighted by Gasteiger charge is -2.06. The maximum absolute atomic E-state index is 2.41. The van der Waals surface area contributed by atoms with E-state index in [2.05, 4.69) is 37.6 Å².